The normalized spacial score (nSPS) is 16.4. The monoisotopic (exact) mass is 462 g/mol. The van der Waals surface area contributed by atoms with Crippen molar-refractivity contribution in [3.05, 3.63) is 36.4 Å². The molecule has 0 bridgehead atoms. The highest BCUT2D eigenvalue weighted by Crippen LogP contribution is 2.34. The van der Waals surface area contributed by atoms with Crippen LogP contribution in [0.15, 0.2) is 30.9 Å². The molecule has 1 aromatic carbocycles. The minimum Gasteiger partial charge on any atom is -0.465 e. The van der Waals surface area contributed by atoms with E-state index in [0.29, 0.717) is 17.8 Å². The van der Waals surface area contributed by atoms with E-state index in [1.807, 2.05) is 0 Å². The standard InChI is InChI=1S/C22H30N4O7/c1-5-8-33-21(30)25-18(12(2)3)20(29)23-13(4)19(28)24-15-7-6-14-9-16(11-27)26(22(31)32)17(14)10-15/h5-7,10,12-13,16,18,27H,1,8-9,11H2,2-4H3,(H,23,29)(H,24,28)(H,25,30)(H,31,32). The van der Waals surface area contributed by atoms with Gasteiger partial charge in [0.05, 0.1) is 18.3 Å². The summed E-state index contributed by atoms with van der Waals surface area (Å²) < 4.78 is 4.84. The van der Waals surface area contributed by atoms with Crippen molar-refractivity contribution in [2.45, 2.75) is 45.3 Å². The van der Waals surface area contributed by atoms with E-state index < -0.39 is 42.1 Å². The molecule has 0 saturated heterocycles. The van der Waals surface area contributed by atoms with Crippen LogP contribution in [0.5, 0.6) is 0 Å². The van der Waals surface area contributed by atoms with Gasteiger partial charge in [-0.05, 0) is 37.0 Å². The van der Waals surface area contributed by atoms with Crippen LogP contribution in [0.2, 0.25) is 0 Å². The van der Waals surface area contributed by atoms with Crippen molar-refractivity contribution in [1.29, 1.82) is 0 Å². The Morgan fingerprint density at radius 3 is 2.48 bits per heavy atom. The molecule has 4 amide bonds. The van der Waals surface area contributed by atoms with Gasteiger partial charge in [-0.25, -0.2) is 9.59 Å². The second-order valence-electron chi connectivity index (χ2n) is 8.01. The predicted octanol–water partition coefficient (Wildman–Crippen LogP) is 1.47. The number of aliphatic hydroxyl groups excluding tert-OH is 1. The number of carbonyl (C=O) groups excluding carboxylic acids is 3. The lowest BCUT2D eigenvalue weighted by atomic mass is 10.0. The fourth-order valence-electron chi connectivity index (χ4n) is 3.44. The molecule has 180 valence electrons. The zero-order valence-electron chi connectivity index (χ0n) is 18.8. The highest BCUT2D eigenvalue weighted by molar-refractivity contribution is 5.99. The van der Waals surface area contributed by atoms with Crippen LogP contribution in [0.1, 0.15) is 26.3 Å². The minimum absolute atomic E-state index is 0.00376. The summed E-state index contributed by atoms with van der Waals surface area (Å²) in [5.74, 6) is -1.35. The van der Waals surface area contributed by atoms with Gasteiger partial charge in [-0.3, -0.25) is 14.5 Å². The van der Waals surface area contributed by atoms with Crippen LogP contribution in [0.3, 0.4) is 0 Å². The molecule has 33 heavy (non-hydrogen) atoms. The third-order valence-corrected chi connectivity index (χ3v) is 5.16. The van der Waals surface area contributed by atoms with Gasteiger partial charge >= 0.3 is 12.2 Å². The first-order valence-electron chi connectivity index (χ1n) is 10.5. The summed E-state index contributed by atoms with van der Waals surface area (Å²) in [6, 6.07) is 2.38. The second-order valence-corrected chi connectivity index (χ2v) is 8.01. The first-order valence-corrected chi connectivity index (χ1v) is 10.5. The van der Waals surface area contributed by atoms with E-state index in [-0.39, 0.29) is 19.1 Å². The third kappa shape index (κ3) is 6.45. The summed E-state index contributed by atoms with van der Waals surface area (Å²) in [4.78, 5) is 49.7. The summed E-state index contributed by atoms with van der Waals surface area (Å²) in [6.07, 6.45) is -0.203. The SMILES string of the molecule is C=CCOC(=O)NC(C(=O)NC(C)C(=O)Nc1ccc2c(c1)N(C(=O)O)C(CO)C2)C(C)C. The maximum absolute atomic E-state index is 12.6. The molecule has 1 aliphatic rings. The Hall–Kier alpha value is -3.60. The molecule has 3 unspecified atom stereocenters. The summed E-state index contributed by atoms with van der Waals surface area (Å²) in [5, 5.41) is 26.6. The molecular formula is C22H30N4O7. The number of anilines is 2. The van der Waals surface area contributed by atoms with Crippen molar-refractivity contribution < 1.29 is 34.1 Å². The van der Waals surface area contributed by atoms with Gasteiger partial charge in [0.25, 0.3) is 0 Å². The maximum Gasteiger partial charge on any atom is 0.412 e. The molecule has 0 spiro atoms. The number of amides is 4. The smallest absolute Gasteiger partial charge is 0.412 e. The van der Waals surface area contributed by atoms with Crippen molar-refractivity contribution in [2.75, 3.05) is 23.4 Å². The molecule has 11 nitrogen and oxygen atoms in total. The molecule has 0 saturated carbocycles. The number of aliphatic hydroxyl groups is 1. The second kappa shape index (κ2) is 11.3. The Labute approximate surface area is 191 Å². The van der Waals surface area contributed by atoms with E-state index in [1.54, 1.807) is 26.0 Å². The highest BCUT2D eigenvalue weighted by atomic mass is 16.5. The maximum atomic E-state index is 12.6. The van der Waals surface area contributed by atoms with Gasteiger partial charge in [0, 0.05) is 5.69 Å². The van der Waals surface area contributed by atoms with E-state index >= 15 is 0 Å². The molecule has 0 radical (unpaired) electrons. The Balaban J connectivity index is 2.03. The van der Waals surface area contributed by atoms with Crippen LogP contribution in [-0.4, -0.2) is 65.6 Å². The molecule has 1 heterocycles. The minimum atomic E-state index is -1.20. The van der Waals surface area contributed by atoms with E-state index in [0.717, 1.165) is 10.5 Å². The number of rotatable bonds is 9. The van der Waals surface area contributed by atoms with E-state index in [1.165, 1.54) is 19.1 Å². The number of nitrogens with one attached hydrogen (secondary N) is 3. The Kier molecular flexibility index (Phi) is 8.80. The van der Waals surface area contributed by atoms with Crippen LogP contribution >= 0.6 is 0 Å². The number of alkyl carbamates (subject to hydrolysis) is 1. The van der Waals surface area contributed by atoms with E-state index in [2.05, 4.69) is 22.5 Å². The number of carbonyl (C=O) groups is 4. The van der Waals surface area contributed by atoms with Gasteiger partial charge in [-0.15, -0.1) is 0 Å². The van der Waals surface area contributed by atoms with Crippen LogP contribution in [0.25, 0.3) is 0 Å². The number of nitrogens with zero attached hydrogens (tertiary/aromatic N) is 1. The lowest BCUT2D eigenvalue weighted by molar-refractivity contribution is -0.128. The number of ether oxygens (including phenoxy) is 1. The van der Waals surface area contributed by atoms with Crippen LogP contribution < -0.4 is 20.9 Å². The van der Waals surface area contributed by atoms with Gasteiger partial charge in [0.1, 0.15) is 18.7 Å². The zero-order valence-corrected chi connectivity index (χ0v) is 18.8. The molecule has 2 rings (SSSR count). The number of fused-ring (bicyclic) bond motifs is 1. The summed E-state index contributed by atoms with van der Waals surface area (Å²) in [7, 11) is 0. The van der Waals surface area contributed by atoms with Crippen molar-refractivity contribution in [1.82, 2.24) is 10.6 Å². The quantitative estimate of drug-likeness (QED) is 0.348. The Bertz CT molecular complexity index is 918. The predicted molar refractivity (Wildman–Crippen MR) is 121 cm³/mol. The number of carboxylic acid groups (broad SMARTS) is 1. The average Bonchev–Trinajstić information content (AvgIpc) is 3.13. The van der Waals surface area contributed by atoms with Crippen molar-refractivity contribution >= 4 is 35.4 Å². The van der Waals surface area contributed by atoms with Crippen molar-refractivity contribution in [3.8, 4) is 0 Å². The first-order chi connectivity index (χ1) is 15.6. The zero-order chi connectivity index (χ0) is 24.7. The topological polar surface area (TPSA) is 157 Å². The van der Waals surface area contributed by atoms with Gasteiger partial charge < -0.3 is 30.9 Å². The van der Waals surface area contributed by atoms with Crippen molar-refractivity contribution in [2.24, 2.45) is 5.92 Å². The molecule has 0 fully saturated rings. The molecule has 1 aliphatic heterocycles. The van der Waals surface area contributed by atoms with Gasteiger partial charge in [-0.2, -0.15) is 0 Å². The fourth-order valence-corrected chi connectivity index (χ4v) is 3.44. The van der Waals surface area contributed by atoms with E-state index in [9.17, 15) is 29.4 Å². The number of benzene rings is 1. The Morgan fingerprint density at radius 1 is 1.21 bits per heavy atom. The number of hydrogen-bond donors (Lipinski definition) is 5. The van der Waals surface area contributed by atoms with Gasteiger partial charge in [-0.1, -0.05) is 32.6 Å². The summed E-state index contributed by atoms with van der Waals surface area (Å²) >= 11 is 0. The highest BCUT2D eigenvalue weighted by Gasteiger charge is 2.34. The summed E-state index contributed by atoms with van der Waals surface area (Å²) in [6.45, 7) is 8.08. The van der Waals surface area contributed by atoms with Crippen molar-refractivity contribution in [3.63, 3.8) is 0 Å². The molecule has 0 aliphatic carbocycles. The molecule has 1 aromatic rings. The third-order valence-electron chi connectivity index (χ3n) is 5.16. The molecule has 11 heteroatoms. The first kappa shape index (κ1) is 25.7. The van der Waals surface area contributed by atoms with Crippen LogP contribution in [-0.2, 0) is 20.7 Å². The lowest BCUT2D eigenvalue weighted by Crippen LogP contribution is -2.53. The Morgan fingerprint density at radius 2 is 1.91 bits per heavy atom. The summed E-state index contributed by atoms with van der Waals surface area (Å²) in [5.41, 5.74) is 1.47. The lowest BCUT2D eigenvalue weighted by Gasteiger charge is -2.23. The number of hydrogen-bond acceptors (Lipinski definition) is 6. The molecule has 5 N–H and O–H groups in total. The largest absolute Gasteiger partial charge is 0.465 e. The van der Waals surface area contributed by atoms with Crippen LogP contribution in [0, 0.1) is 5.92 Å². The van der Waals surface area contributed by atoms with Gasteiger partial charge in [0.15, 0.2) is 0 Å². The van der Waals surface area contributed by atoms with Gasteiger partial charge in [0.2, 0.25) is 11.8 Å². The fraction of sp³-hybridized carbons (Fsp3) is 0.455. The molecular weight excluding hydrogens is 432 g/mol. The average molecular weight is 463 g/mol. The molecule has 0 aromatic heterocycles. The van der Waals surface area contributed by atoms with Crippen LogP contribution in [0.4, 0.5) is 21.0 Å². The molecule has 3 atom stereocenters. The van der Waals surface area contributed by atoms with E-state index in [4.69, 9.17) is 4.74 Å².